The van der Waals surface area contributed by atoms with E-state index in [1.165, 1.54) is 6.92 Å². The van der Waals surface area contributed by atoms with Gasteiger partial charge >= 0.3 is 0 Å². The molecular weight excluding hydrogens is 236 g/mol. The Bertz CT molecular complexity index is 587. The van der Waals surface area contributed by atoms with E-state index >= 15 is 0 Å². The SMILES string of the molecule is CC(=O)c1ccc(-n2cnc(C)c2C)cc1Cl. The van der Waals surface area contributed by atoms with Crippen molar-refractivity contribution in [3.63, 3.8) is 0 Å². The van der Waals surface area contributed by atoms with Gasteiger partial charge in [0.2, 0.25) is 0 Å². The summed E-state index contributed by atoms with van der Waals surface area (Å²) < 4.78 is 1.95. The van der Waals surface area contributed by atoms with Crippen LogP contribution in [0.1, 0.15) is 28.7 Å². The zero-order valence-electron chi connectivity index (χ0n) is 9.99. The van der Waals surface area contributed by atoms with Crippen molar-refractivity contribution in [2.24, 2.45) is 0 Å². The largest absolute Gasteiger partial charge is 0.303 e. The van der Waals surface area contributed by atoms with Crippen LogP contribution >= 0.6 is 11.6 Å². The summed E-state index contributed by atoms with van der Waals surface area (Å²) in [5.74, 6) is -0.0277. The normalized spacial score (nSPS) is 10.6. The van der Waals surface area contributed by atoms with Crippen LogP contribution in [0, 0.1) is 13.8 Å². The second-order valence-corrected chi connectivity index (χ2v) is 4.41. The Morgan fingerprint density at radius 2 is 2.06 bits per heavy atom. The maximum absolute atomic E-state index is 11.3. The lowest BCUT2D eigenvalue weighted by molar-refractivity contribution is 0.101. The Kier molecular flexibility index (Phi) is 3.03. The van der Waals surface area contributed by atoms with Gasteiger partial charge in [-0.1, -0.05) is 11.6 Å². The van der Waals surface area contributed by atoms with E-state index in [9.17, 15) is 4.79 Å². The van der Waals surface area contributed by atoms with Gasteiger partial charge in [0.1, 0.15) is 0 Å². The molecule has 1 heterocycles. The van der Waals surface area contributed by atoms with E-state index in [4.69, 9.17) is 11.6 Å². The zero-order valence-corrected chi connectivity index (χ0v) is 10.7. The molecule has 1 aromatic carbocycles. The molecule has 0 atom stereocenters. The number of rotatable bonds is 2. The van der Waals surface area contributed by atoms with Gasteiger partial charge in [0.05, 0.1) is 17.0 Å². The minimum Gasteiger partial charge on any atom is -0.303 e. The van der Waals surface area contributed by atoms with Gasteiger partial charge in [0.15, 0.2) is 5.78 Å². The molecule has 3 nitrogen and oxygen atoms in total. The molecule has 0 N–H and O–H groups in total. The van der Waals surface area contributed by atoms with E-state index < -0.39 is 0 Å². The van der Waals surface area contributed by atoms with E-state index in [2.05, 4.69) is 4.98 Å². The number of hydrogen-bond donors (Lipinski definition) is 0. The van der Waals surface area contributed by atoms with Crippen LogP contribution < -0.4 is 0 Å². The zero-order chi connectivity index (χ0) is 12.6. The van der Waals surface area contributed by atoms with E-state index in [1.54, 1.807) is 18.5 Å². The summed E-state index contributed by atoms with van der Waals surface area (Å²) >= 11 is 6.08. The third-order valence-electron chi connectivity index (χ3n) is 2.86. The number of aromatic nitrogens is 2. The highest BCUT2D eigenvalue weighted by Gasteiger charge is 2.09. The number of aryl methyl sites for hydroxylation is 1. The molecule has 0 unspecified atom stereocenters. The molecule has 0 saturated heterocycles. The molecule has 88 valence electrons. The monoisotopic (exact) mass is 248 g/mol. The van der Waals surface area contributed by atoms with Crippen LogP contribution in [0.5, 0.6) is 0 Å². The molecular formula is C13H13ClN2O. The van der Waals surface area contributed by atoms with Gasteiger partial charge in [-0.15, -0.1) is 0 Å². The number of halogens is 1. The van der Waals surface area contributed by atoms with Gasteiger partial charge in [-0.2, -0.15) is 0 Å². The van der Waals surface area contributed by atoms with Crippen molar-refractivity contribution in [3.8, 4) is 5.69 Å². The molecule has 4 heteroatoms. The van der Waals surface area contributed by atoms with Crippen molar-refractivity contribution in [1.29, 1.82) is 0 Å². The van der Waals surface area contributed by atoms with E-state index in [0.29, 0.717) is 10.6 Å². The van der Waals surface area contributed by atoms with E-state index in [0.717, 1.165) is 17.1 Å². The lowest BCUT2D eigenvalue weighted by Crippen LogP contribution is -1.98. The Morgan fingerprint density at radius 3 is 2.53 bits per heavy atom. The summed E-state index contributed by atoms with van der Waals surface area (Å²) in [6.45, 7) is 5.46. The maximum Gasteiger partial charge on any atom is 0.161 e. The minimum absolute atomic E-state index is 0.0277. The molecule has 0 aliphatic heterocycles. The van der Waals surface area contributed by atoms with Crippen LogP contribution in [0.2, 0.25) is 5.02 Å². The number of carbonyl (C=O) groups excluding carboxylic acids is 1. The molecule has 0 spiro atoms. The summed E-state index contributed by atoms with van der Waals surface area (Å²) in [6.07, 6.45) is 1.75. The molecule has 0 aliphatic carbocycles. The fraction of sp³-hybridized carbons (Fsp3) is 0.231. The van der Waals surface area contributed by atoms with E-state index in [-0.39, 0.29) is 5.78 Å². The Balaban J connectivity index is 2.52. The molecule has 2 rings (SSSR count). The predicted octanol–water partition coefficient (Wildman–Crippen LogP) is 3.35. The Morgan fingerprint density at radius 1 is 1.35 bits per heavy atom. The van der Waals surface area contributed by atoms with Gasteiger partial charge in [0.25, 0.3) is 0 Å². The first-order valence-electron chi connectivity index (χ1n) is 5.32. The van der Waals surface area contributed by atoms with Crippen molar-refractivity contribution in [2.45, 2.75) is 20.8 Å². The highest BCUT2D eigenvalue weighted by atomic mass is 35.5. The number of carbonyl (C=O) groups is 1. The second kappa shape index (κ2) is 4.34. The standard InChI is InChI=1S/C13H13ClN2O/c1-8-9(2)16(7-15-8)11-4-5-12(10(3)17)13(14)6-11/h4-7H,1-3H3. The first-order chi connectivity index (χ1) is 8.00. The topological polar surface area (TPSA) is 34.9 Å². The fourth-order valence-corrected chi connectivity index (χ4v) is 2.01. The smallest absolute Gasteiger partial charge is 0.161 e. The van der Waals surface area contributed by atoms with Crippen LogP contribution in [0.3, 0.4) is 0 Å². The summed E-state index contributed by atoms with van der Waals surface area (Å²) in [6, 6.07) is 5.40. The number of benzene rings is 1. The lowest BCUT2D eigenvalue weighted by atomic mass is 10.1. The fourth-order valence-electron chi connectivity index (χ4n) is 1.70. The molecule has 2 aromatic rings. The third kappa shape index (κ3) is 2.11. The third-order valence-corrected chi connectivity index (χ3v) is 3.17. The molecule has 0 amide bonds. The summed E-state index contributed by atoms with van der Waals surface area (Å²) in [4.78, 5) is 15.5. The molecule has 1 aromatic heterocycles. The van der Waals surface area contributed by atoms with Crippen LogP contribution in [-0.2, 0) is 0 Å². The van der Waals surface area contributed by atoms with Gasteiger partial charge in [-0.3, -0.25) is 4.79 Å². The number of imidazole rings is 1. The summed E-state index contributed by atoms with van der Waals surface area (Å²) in [5.41, 5.74) is 3.51. The molecule has 17 heavy (non-hydrogen) atoms. The average Bonchev–Trinajstić information content (AvgIpc) is 2.59. The van der Waals surface area contributed by atoms with Gasteiger partial charge in [-0.25, -0.2) is 4.98 Å². The number of Topliss-reactive ketones (excluding diaryl/α,β-unsaturated/α-hetero) is 1. The van der Waals surface area contributed by atoms with Gasteiger partial charge < -0.3 is 4.57 Å². The Hall–Kier alpha value is -1.61. The minimum atomic E-state index is -0.0277. The molecule has 0 fully saturated rings. The highest BCUT2D eigenvalue weighted by Crippen LogP contribution is 2.22. The van der Waals surface area contributed by atoms with Crippen LogP contribution in [0.4, 0.5) is 0 Å². The van der Waals surface area contributed by atoms with Crippen molar-refractivity contribution in [1.82, 2.24) is 9.55 Å². The molecule has 0 aliphatic rings. The van der Waals surface area contributed by atoms with Crippen molar-refractivity contribution >= 4 is 17.4 Å². The van der Waals surface area contributed by atoms with Gasteiger partial charge in [0, 0.05) is 16.9 Å². The molecule has 0 radical (unpaired) electrons. The van der Waals surface area contributed by atoms with Crippen molar-refractivity contribution in [3.05, 3.63) is 46.5 Å². The summed E-state index contributed by atoms with van der Waals surface area (Å²) in [7, 11) is 0. The summed E-state index contributed by atoms with van der Waals surface area (Å²) in [5, 5.41) is 0.473. The predicted molar refractivity (Wildman–Crippen MR) is 68.1 cm³/mol. The molecule has 0 bridgehead atoms. The number of nitrogens with zero attached hydrogens (tertiary/aromatic N) is 2. The van der Waals surface area contributed by atoms with Crippen molar-refractivity contribution < 1.29 is 4.79 Å². The highest BCUT2D eigenvalue weighted by molar-refractivity contribution is 6.34. The first kappa shape index (κ1) is 11.9. The quantitative estimate of drug-likeness (QED) is 0.764. The van der Waals surface area contributed by atoms with Crippen LogP contribution in [0.15, 0.2) is 24.5 Å². The molecule has 0 saturated carbocycles. The number of ketones is 1. The Labute approximate surface area is 105 Å². The van der Waals surface area contributed by atoms with E-state index in [1.807, 2.05) is 24.5 Å². The van der Waals surface area contributed by atoms with Crippen LogP contribution in [-0.4, -0.2) is 15.3 Å². The second-order valence-electron chi connectivity index (χ2n) is 4.01. The lowest BCUT2D eigenvalue weighted by Gasteiger charge is -2.07. The number of hydrogen-bond acceptors (Lipinski definition) is 2. The maximum atomic E-state index is 11.3. The first-order valence-corrected chi connectivity index (χ1v) is 5.70. The van der Waals surface area contributed by atoms with Crippen molar-refractivity contribution in [2.75, 3.05) is 0 Å². The van der Waals surface area contributed by atoms with Crippen LogP contribution in [0.25, 0.3) is 5.69 Å². The van der Waals surface area contributed by atoms with Gasteiger partial charge in [-0.05, 0) is 39.0 Å². The average molecular weight is 249 g/mol.